The maximum Gasteiger partial charge on any atom is 0.311 e. The van der Waals surface area contributed by atoms with Crippen molar-refractivity contribution in [3.63, 3.8) is 0 Å². The van der Waals surface area contributed by atoms with Crippen LogP contribution in [0, 0.1) is 0 Å². The van der Waals surface area contributed by atoms with Gasteiger partial charge in [-0.1, -0.05) is 45.6 Å². The molecule has 0 spiro atoms. The molecule has 6 nitrogen and oxygen atoms in total. The standard InChI is InChI=1S/C23H35NO5.ClH/c1-5-7-9-11-22(26)28-20-14-13-18(19(16-25)24-17(3)4)15-21(20)29-23(27)12-10-8-6-2;/h13-17,19,24H,5-12H2,1-4H3;1H. The molecular weight excluding hydrogens is 406 g/mol. The van der Waals surface area contributed by atoms with E-state index < -0.39 is 6.04 Å². The molecule has 0 aromatic heterocycles. The van der Waals surface area contributed by atoms with Crippen LogP contribution in [0.1, 0.15) is 90.7 Å². The van der Waals surface area contributed by atoms with Gasteiger partial charge in [0.05, 0.1) is 6.04 Å². The van der Waals surface area contributed by atoms with E-state index in [1.165, 1.54) is 0 Å². The molecule has 1 aromatic carbocycles. The van der Waals surface area contributed by atoms with Gasteiger partial charge >= 0.3 is 11.9 Å². The highest BCUT2D eigenvalue weighted by molar-refractivity contribution is 5.85. The second kappa shape index (κ2) is 15.9. The van der Waals surface area contributed by atoms with Crippen LogP contribution in [0.15, 0.2) is 18.2 Å². The zero-order valence-corrected chi connectivity index (χ0v) is 19.4. The number of esters is 2. The third kappa shape index (κ3) is 10.7. The van der Waals surface area contributed by atoms with Gasteiger partial charge in [-0.15, -0.1) is 12.4 Å². The van der Waals surface area contributed by atoms with Crippen molar-refractivity contribution in [2.45, 2.75) is 91.1 Å². The van der Waals surface area contributed by atoms with E-state index in [2.05, 4.69) is 19.2 Å². The van der Waals surface area contributed by atoms with Gasteiger partial charge in [-0.25, -0.2) is 0 Å². The first-order valence-corrected chi connectivity index (χ1v) is 10.7. The molecule has 1 aromatic rings. The van der Waals surface area contributed by atoms with Crippen molar-refractivity contribution in [3.05, 3.63) is 23.8 Å². The Kier molecular flexibility index (Phi) is 14.8. The van der Waals surface area contributed by atoms with Crippen molar-refractivity contribution in [3.8, 4) is 11.5 Å². The lowest BCUT2D eigenvalue weighted by Crippen LogP contribution is -2.29. The van der Waals surface area contributed by atoms with Gasteiger partial charge in [0.2, 0.25) is 0 Å². The van der Waals surface area contributed by atoms with E-state index in [9.17, 15) is 14.4 Å². The van der Waals surface area contributed by atoms with Crippen LogP contribution >= 0.6 is 12.4 Å². The van der Waals surface area contributed by atoms with Crippen LogP contribution in [0.3, 0.4) is 0 Å². The average molecular weight is 442 g/mol. The highest BCUT2D eigenvalue weighted by atomic mass is 35.5. The second-order valence-electron chi connectivity index (χ2n) is 7.50. The molecule has 0 saturated carbocycles. The summed E-state index contributed by atoms with van der Waals surface area (Å²) in [4.78, 5) is 35.8. The van der Waals surface area contributed by atoms with Crippen LogP contribution in [0.4, 0.5) is 0 Å². The number of ether oxygens (including phenoxy) is 2. The monoisotopic (exact) mass is 441 g/mol. The average Bonchev–Trinajstić information content (AvgIpc) is 2.67. The first-order valence-electron chi connectivity index (χ1n) is 10.7. The molecular formula is C23H36ClNO5. The van der Waals surface area contributed by atoms with Gasteiger partial charge in [-0.3, -0.25) is 9.59 Å². The summed E-state index contributed by atoms with van der Waals surface area (Å²) < 4.78 is 10.9. The second-order valence-corrected chi connectivity index (χ2v) is 7.50. The quantitative estimate of drug-likeness (QED) is 0.182. The zero-order valence-electron chi connectivity index (χ0n) is 18.6. The van der Waals surface area contributed by atoms with Crippen LogP contribution < -0.4 is 14.8 Å². The first-order chi connectivity index (χ1) is 13.9. The zero-order chi connectivity index (χ0) is 21.6. The summed E-state index contributed by atoms with van der Waals surface area (Å²) in [5.41, 5.74) is 0.649. The van der Waals surface area contributed by atoms with E-state index >= 15 is 0 Å². The number of hydrogen-bond donors (Lipinski definition) is 1. The molecule has 0 amide bonds. The van der Waals surface area contributed by atoms with Gasteiger partial charge in [0.1, 0.15) is 6.29 Å². The highest BCUT2D eigenvalue weighted by Gasteiger charge is 2.18. The fourth-order valence-electron chi connectivity index (χ4n) is 2.84. The Morgan fingerprint density at radius 3 is 1.93 bits per heavy atom. The maximum absolute atomic E-state index is 12.2. The summed E-state index contributed by atoms with van der Waals surface area (Å²) in [7, 11) is 0. The molecule has 1 atom stereocenters. The van der Waals surface area contributed by atoms with Crippen LogP contribution in [-0.4, -0.2) is 24.3 Å². The van der Waals surface area contributed by atoms with Gasteiger partial charge in [0, 0.05) is 18.9 Å². The van der Waals surface area contributed by atoms with Gasteiger partial charge in [-0.2, -0.15) is 0 Å². The minimum absolute atomic E-state index is 0. The van der Waals surface area contributed by atoms with Crippen LogP contribution in [-0.2, 0) is 14.4 Å². The maximum atomic E-state index is 12.2. The third-order valence-corrected chi connectivity index (χ3v) is 4.39. The number of nitrogens with one attached hydrogen (secondary N) is 1. The summed E-state index contributed by atoms with van der Waals surface area (Å²) in [5, 5.41) is 3.15. The normalized spacial score (nSPS) is 11.5. The molecule has 0 bridgehead atoms. The molecule has 0 heterocycles. The lowest BCUT2D eigenvalue weighted by molar-refractivity contribution is -0.137. The predicted molar refractivity (Wildman–Crippen MR) is 120 cm³/mol. The lowest BCUT2D eigenvalue weighted by atomic mass is 10.1. The van der Waals surface area contributed by atoms with Crippen molar-refractivity contribution in [1.29, 1.82) is 0 Å². The van der Waals surface area contributed by atoms with Crippen LogP contribution in [0.5, 0.6) is 11.5 Å². The Hall–Kier alpha value is -1.92. The third-order valence-electron chi connectivity index (χ3n) is 4.39. The molecule has 0 aliphatic heterocycles. The smallest absolute Gasteiger partial charge is 0.311 e. The fourth-order valence-corrected chi connectivity index (χ4v) is 2.84. The number of carbonyl (C=O) groups is 3. The minimum Gasteiger partial charge on any atom is -0.423 e. The molecule has 0 aliphatic carbocycles. The molecule has 7 heteroatoms. The number of carbonyl (C=O) groups excluding carboxylic acids is 3. The van der Waals surface area contributed by atoms with E-state index in [4.69, 9.17) is 9.47 Å². The number of rotatable bonds is 14. The highest BCUT2D eigenvalue weighted by Crippen LogP contribution is 2.31. The lowest BCUT2D eigenvalue weighted by Gasteiger charge is -2.18. The van der Waals surface area contributed by atoms with Crippen molar-refractivity contribution < 1.29 is 23.9 Å². The van der Waals surface area contributed by atoms with Gasteiger partial charge in [-0.05, 0) is 44.4 Å². The fraction of sp³-hybridized carbons (Fsp3) is 0.609. The molecule has 170 valence electrons. The number of aldehydes is 1. The van der Waals surface area contributed by atoms with Crippen molar-refractivity contribution >= 4 is 30.6 Å². The summed E-state index contributed by atoms with van der Waals surface area (Å²) in [6.45, 7) is 8.01. The largest absolute Gasteiger partial charge is 0.423 e. The SMILES string of the molecule is CCCCCC(=O)Oc1ccc(C(C=O)NC(C)C)cc1OC(=O)CCCCC.Cl. The van der Waals surface area contributed by atoms with Gasteiger partial charge in [0.25, 0.3) is 0 Å². The van der Waals surface area contributed by atoms with Crippen LogP contribution in [0.2, 0.25) is 0 Å². The van der Waals surface area contributed by atoms with E-state index in [1.54, 1.807) is 18.2 Å². The Labute approximate surface area is 186 Å². The molecule has 0 saturated heterocycles. The number of benzene rings is 1. The van der Waals surface area contributed by atoms with E-state index in [-0.39, 0.29) is 41.9 Å². The van der Waals surface area contributed by atoms with Crippen molar-refractivity contribution in [2.24, 2.45) is 0 Å². The van der Waals surface area contributed by atoms with Crippen molar-refractivity contribution in [1.82, 2.24) is 5.32 Å². The molecule has 0 radical (unpaired) electrons. The molecule has 1 unspecified atom stereocenters. The number of halogens is 1. The Morgan fingerprint density at radius 2 is 1.47 bits per heavy atom. The topological polar surface area (TPSA) is 81.7 Å². The number of hydrogen-bond acceptors (Lipinski definition) is 6. The molecule has 1 rings (SSSR count). The van der Waals surface area contributed by atoms with E-state index in [0.717, 1.165) is 44.8 Å². The molecule has 1 N–H and O–H groups in total. The first kappa shape index (κ1) is 28.1. The van der Waals surface area contributed by atoms with Gasteiger partial charge < -0.3 is 19.6 Å². The summed E-state index contributed by atoms with van der Waals surface area (Å²) in [6.07, 6.45) is 6.82. The molecule has 0 fully saturated rings. The van der Waals surface area contributed by atoms with Gasteiger partial charge in [0.15, 0.2) is 11.5 Å². The minimum atomic E-state index is -0.540. The summed E-state index contributed by atoms with van der Waals surface area (Å²) in [6, 6.07) is 4.45. The van der Waals surface area contributed by atoms with Crippen LogP contribution in [0.25, 0.3) is 0 Å². The summed E-state index contributed by atoms with van der Waals surface area (Å²) in [5.74, 6) is -0.362. The number of unbranched alkanes of at least 4 members (excludes halogenated alkanes) is 4. The Balaban J connectivity index is 0.00000841. The Bertz CT molecular complexity index is 663. The Morgan fingerprint density at radius 1 is 0.933 bits per heavy atom. The molecule has 30 heavy (non-hydrogen) atoms. The van der Waals surface area contributed by atoms with E-state index in [0.29, 0.717) is 18.4 Å². The van der Waals surface area contributed by atoms with Crippen molar-refractivity contribution in [2.75, 3.05) is 0 Å². The molecule has 0 aliphatic rings. The van der Waals surface area contributed by atoms with E-state index in [1.807, 2.05) is 13.8 Å². The summed E-state index contributed by atoms with van der Waals surface area (Å²) >= 11 is 0. The predicted octanol–water partition coefficient (Wildman–Crippen LogP) is 5.32.